The molecule has 1 heterocycles. The first kappa shape index (κ1) is 11.0. The van der Waals surface area contributed by atoms with E-state index in [0.29, 0.717) is 9.90 Å². The zero-order valence-electron chi connectivity index (χ0n) is 7.46. The molecule has 0 atom stereocenters. The van der Waals surface area contributed by atoms with Gasteiger partial charge in [0, 0.05) is 4.88 Å². The van der Waals surface area contributed by atoms with E-state index in [1.807, 2.05) is 6.92 Å². The molecule has 1 aromatic heterocycles. The number of rotatable bonds is 3. The average molecular weight is 233 g/mol. The minimum absolute atomic E-state index is 0.174. The lowest BCUT2D eigenvalue weighted by Gasteiger charge is -1.99. The molecule has 6 heteroatoms. The molecule has 0 bridgehead atoms. The molecule has 1 aromatic rings. The molecular weight excluding hydrogens is 224 g/mol. The Morgan fingerprint density at radius 1 is 1.64 bits per heavy atom. The van der Waals surface area contributed by atoms with Crippen LogP contribution in [-0.4, -0.2) is 18.4 Å². The molecule has 76 valence electrons. The van der Waals surface area contributed by atoms with Crippen molar-refractivity contribution in [3.63, 3.8) is 0 Å². The van der Waals surface area contributed by atoms with Gasteiger partial charge in [0.05, 0.1) is 11.6 Å². The number of primary amides is 1. The molecular formula is C8H9ClN2O2S. The van der Waals surface area contributed by atoms with Gasteiger partial charge in [-0.2, -0.15) is 0 Å². The zero-order chi connectivity index (χ0) is 10.7. The van der Waals surface area contributed by atoms with Crippen molar-refractivity contribution >= 4 is 34.8 Å². The summed E-state index contributed by atoms with van der Waals surface area (Å²) in [6.45, 7) is 1.67. The summed E-state index contributed by atoms with van der Waals surface area (Å²) in [4.78, 5) is 23.1. The smallest absolute Gasteiger partial charge is 0.263 e. The van der Waals surface area contributed by atoms with E-state index in [1.54, 1.807) is 6.07 Å². The Hall–Kier alpha value is -1.07. The molecule has 2 amide bonds. The Balaban J connectivity index is 2.69. The minimum atomic E-state index is -0.581. The third-order valence-electron chi connectivity index (χ3n) is 1.44. The standard InChI is InChI=1S/C8H9ClN2O2S/c1-4-2-5(9)7(14-4)8(13)11-3-6(10)12/h2H,3H2,1H3,(H2,10,12)(H,11,13). The van der Waals surface area contributed by atoms with Crippen molar-refractivity contribution in [1.82, 2.24) is 5.32 Å². The molecule has 0 aliphatic rings. The third-order valence-corrected chi connectivity index (χ3v) is 2.90. The first-order valence-corrected chi connectivity index (χ1v) is 5.02. The second kappa shape index (κ2) is 4.43. The van der Waals surface area contributed by atoms with Gasteiger partial charge in [-0.1, -0.05) is 11.6 Å². The van der Waals surface area contributed by atoms with E-state index in [2.05, 4.69) is 5.32 Å². The number of carbonyl (C=O) groups excluding carboxylic acids is 2. The monoisotopic (exact) mass is 232 g/mol. The molecule has 0 aromatic carbocycles. The Kier molecular flexibility index (Phi) is 3.49. The number of hydrogen-bond acceptors (Lipinski definition) is 3. The molecule has 3 N–H and O–H groups in total. The molecule has 0 radical (unpaired) electrons. The maximum absolute atomic E-state index is 11.4. The molecule has 0 fully saturated rings. The molecule has 0 spiro atoms. The summed E-state index contributed by atoms with van der Waals surface area (Å²) in [6, 6.07) is 1.70. The van der Waals surface area contributed by atoms with Gasteiger partial charge in [-0.3, -0.25) is 9.59 Å². The van der Waals surface area contributed by atoms with Crippen molar-refractivity contribution in [3.05, 3.63) is 20.8 Å². The van der Waals surface area contributed by atoms with Crippen molar-refractivity contribution in [2.45, 2.75) is 6.92 Å². The lowest BCUT2D eigenvalue weighted by molar-refractivity contribution is -0.117. The molecule has 14 heavy (non-hydrogen) atoms. The number of thiophene rings is 1. The number of carbonyl (C=O) groups is 2. The van der Waals surface area contributed by atoms with E-state index in [4.69, 9.17) is 17.3 Å². The van der Waals surface area contributed by atoms with Gasteiger partial charge in [-0.25, -0.2) is 0 Å². The van der Waals surface area contributed by atoms with Crippen LogP contribution < -0.4 is 11.1 Å². The first-order valence-electron chi connectivity index (χ1n) is 3.83. The molecule has 0 saturated heterocycles. The van der Waals surface area contributed by atoms with Gasteiger partial charge in [-0.15, -0.1) is 11.3 Å². The van der Waals surface area contributed by atoms with E-state index in [9.17, 15) is 9.59 Å². The summed E-state index contributed by atoms with van der Waals surface area (Å²) in [5, 5.41) is 2.76. The van der Waals surface area contributed by atoms with Crippen LogP contribution in [-0.2, 0) is 4.79 Å². The summed E-state index contributed by atoms with van der Waals surface area (Å²) in [7, 11) is 0. The van der Waals surface area contributed by atoms with Crippen LogP contribution in [0.5, 0.6) is 0 Å². The number of halogens is 1. The molecule has 0 aliphatic carbocycles. The predicted molar refractivity (Wildman–Crippen MR) is 55.6 cm³/mol. The van der Waals surface area contributed by atoms with Gasteiger partial charge < -0.3 is 11.1 Å². The summed E-state index contributed by atoms with van der Waals surface area (Å²) in [5.41, 5.74) is 4.88. The Bertz CT molecular complexity index is 375. The maximum atomic E-state index is 11.4. The minimum Gasteiger partial charge on any atom is -0.368 e. The van der Waals surface area contributed by atoms with Gasteiger partial charge in [0.25, 0.3) is 5.91 Å². The van der Waals surface area contributed by atoms with Crippen LogP contribution in [0.25, 0.3) is 0 Å². The lowest BCUT2D eigenvalue weighted by Crippen LogP contribution is -2.32. The van der Waals surface area contributed by atoms with Crippen molar-refractivity contribution in [3.8, 4) is 0 Å². The quantitative estimate of drug-likeness (QED) is 0.814. The van der Waals surface area contributed by atoms with E-state index in [0.717, 1.165) is 4.88 Å². The van der Waals surface area contributed by atoms with Crippen molar-refractivity contribution in [1.29, 1.82) is 0 Å². The number of amides is 2. The third kappa shape index (κ3) is 2.71. The zero-order valence-corrected chi connectivity index (χ0v) is 9.04. The number of aryl methyl sites for hydroxylation is 1. The van der Waals surface area contributed by atoms with Crippen molar-refractivity contribution in [2.24, 2.45) is 5.73 Å². The second-order valence-corrected chi connectivity index (χ2v) is 4.35. The van der Waals surface area contributed by atoms with Gasteiger partial charge in [0.1, 0.15) is 4.88 Å². The Morgan fingerprint density at radius 2 is 2.29 bits per heavy atom. The van der Waals surface area contributed by atoms with Gasteiger partial charge >= 0.3 is 0 Å². The van der Waals surface area contributed by atoms with Crippen LogP contribution in [0.3, 0.4) is 0 Å². The highest BCUT2D eigenvalue weighted by Crippen LogP contribution is 2.25. The van der Waals surface area contributed by atoms with Crippen molar-refractivity contribution < 1.29 is 9.59 Å². The number of nitrogens with two attached hydrogens (primary N) is 1. The number of nitrogens with one attached hydrogen (secondary N) is 1. The van der Waals surface area contributed by atoms with Crippen LogP contribution in [0.4, 0.5) is 0 Å². The van der Waals surface area contributed by atoms with E-state index < -0.39 is 5.91 Å². The second-order valence-electron chi connectivity index (χ2n) is 2.68. The summed E-state index contributed by atoms with van der Waals surface area (Å²) in [6.07, 6.45) is 0. The normalized spacial score (nSPS) is 9.86. The maximum Gasteiger partial charge on any atom is 0.263 e. The molecule has 0 aliphatic heterocycles. The van der Waals surface area contributed by atoms with Gasteiger partial charge in [-0.05, 0) is 13.0 Å². The van der Waals surface area contributed by atoms with E-state index >= 15 is 0 Å². The largest absolute Gasteiger partial charge is 0.368 e. The molecule has 0 saturated carbocycles. The summed E-state index contributed by atoms with van der Waals surface area (Å²) in [5.74, 6) is -0.949. The van der Waals surface area contributed by atoms with Gasteiger partial charge in [0.2, 0.25) is 5.91 Å². The van der Waals surface area contributed by atoms with Gasteiger partial charge in [0.15, 0.2) is 0 Å². The molecule has 1 rings (SSSR count). The van der Waals surface area contributed by atoms with E-state index in [1.165, 1.54) is 11.3 Å². The fourth-order valence-electron chi connectivity index (χ4n) is 0.886. The summed E-state index contributed by atoms with van der Waals surface area (Å²) >= 11 is 7.07. The fourth-order valence-corrected chi connectivity index (χ4v) is 2.14. The van der Waals surface area contributed by atoms with Crippen molar-refractivity contribution in [2.75, 3.05) is 6.54 Å². The van der Waals surface area contributed by atoms with Crippen LogP contribution >= 0.6 is 22.9 Å². The predicted octanol–water partition coefficient (Wildman–Crippen LogP) is 0.925. The Labute approximate surface area is 90.0 Å². The highest BCUT2D eigenvalue weighted by Gasteiger charge is 2.13. The summed E-state index contributed by atoms with van der Waals surface area (Å²) < 4.78 is 0. The van der Waals surface area contributed by atoms with Crippen LogP contribution in [0.2, 0.25) is 5.02 Å². The van der Waals surface area contributed by atoms with Crippen LogP contribution in [0, 0.1) is 6.92 Å². The first-order chi connectivity index (χ1) is 6.50. The molecule has 4 nitrogen and oxygen atoms in total. The SMILES string of the molecule is Cc1cc(Cl)c(C(=O)NCC(N)=O)s1. The Morgan fingerprint density at radius 3 is 2.71 bits per heavy atom. The highest BCUT2D eigenvalue weighted by molar-refractivity contribution is 7.14. The number of hydrogen-bond donors (Lipinski definition) is 2. The topological polar surface area (TPSA) is 72.2 Å². The lowest BCUT2D eigenvalue weighted by atomic mass is 10.4. The van der Waals surface area contributed by atoms with E-state index in [-0.39, 0.29) is 12.5 Å². The average Bonchev–Trinajstić information content (AvgIpc) is 2.41. The fraction of sp³-hybridized carbons (Fsp3) is 0.250. The van der Waals surface area contributed by atoms with Crippen LogP contribution in [0.15, 0.2) is 6.07 Å². The molecule has 0 unspecified atom stereocenters. The van der Waals surface area contributed by atoms with Crippen LogP contribution in [0.1, 0.15) is 14.5 Å². The highest BCUT2D eigenvalue weighted by atomic mass is 35.5.